The van der Waals surface area contributed by atoms with Crippen molar-refractivity contribution in [3.63, 3.8) is 0 Å². The smallest absolute Gasteiger partial charge is 0.361 e. The molecule has 3 aromatic rings. The Morgan fingerprint density at radius 3 is 2.72 bits per heavy atom. The van der Waals surface area contributed by atoms with Gasteiger partial charge in [-0.1, -0.05) is 11.6 Å². The minimum Gasteiger partial charge on any atom is -0.380 e. The average Bonchev–Trinajstić information content (AvgIpc) is 3.21. The molecule has 0 aliphatic rings. The molecule has 0 bridgehead atoms. The largest absolute Gasteiger partial charge is 0.380 e. The fraction of sp³-hybridized carbons (Fsp3) is 0.312. The topological polar surface area (TPSA) is 76.2 Å². The van der Waals surface area contributed by atoms with Crippen molar-refractivity contribution in [3.8, 4) is 0 Å². The van der Waals surface area contributed by atoms with Crippen LogP contribution in [0.4, 0.5) is 5.69 Å². The molecule has 0 saturated carbocycles. The first-order valence-electron chi connectivity index (χ1n) is 7.90. The number of rotatable bonds is 8. The van der Waals surface area contributed by atoms with Crippen LogP contribution in [0, 0.1) is 0 Å². The van der Waals surface area contributed by atoms with Crippen molar-refractivity contribution in [2.24, 2.45) is 0 Å². The number of thiazole rings is 1. The Labute approximate surface area is 155 Å². The minimum atomic E-state index is -3.36. The number of hydrogen-bond acceptors (Lipinski definition) is 6. The first-order chi connectivity index (χ1) is 12.1. The fourth-order valence-corrected chi connectivity index (χ4v) is 5.07. The first kappa shape index (κ1) is 18.4. The molecule has 2 heterocycles. The van der Waals surface area contributed by atoms with E-state index < -0.39 is 7.60 Å². The van der Waals surface area contributed by atoms with Gasteiger partial charge in [-0.2, -0.15) is 0 Å². The van der Waals surface area contributed by atoms with E-state index in [1.54, 1.807) is 20.0 Å². The van der Waals surface area contributed by atoms with Gasteiger partial charge in [0.1, 0.15) is 0 Å². The monoisotopic (exact) mass is 399 g/mol. The number of anilines is 1. The zero-order valence-corrected chi connectivity index (χ0v) is 16.4. The maximum atomic E-state index is 13.1. The van der Waals surface area contributed by atoms with E-state index in [1.807, 2.05) is 24.4 Å². The molecule has 0 spiro atoms. The van der Waals surface area contributed by atoms with Crippen LogP contribution in [0.3, 0.4) is 0 Å². The summed E-state index contributed by atoms with van der Waals surface area (Å²) in [5, 5.41) is 4.88. The molecule has 1 aromatic carbocycles. The van der Waals surface area contributed by atoms with Gasteiger partial charge >= 0.3 is 7.60 Å². The van der Waals surface area contributed by atoms with Gasteiger partial charge < -0.3 is 19.3 Å². The molecule has 3 rings (SSSR count). The average molecular weight is 400 g/mol. The predicted octanol–water partition coefficient (Wildman–Crippen LogP) is 4.78. The predicted molar refractivity (Wildman–Crippen MR) is 103 cm³/mol. The molecule has 6 nitrogen and oxygen atoms in total. The van der Waals surface area contributed by atoms with Crippen LogP contribution < -0.4 is 10.6 Å². The summed E-state index contributed by atoms with van der Waals surface area (Å²) in [6, 6.07) is 5.61. The quantitative estimate of drug-likeness (QED) is 0.533. The summed E-state index contributed by atoms with van der Waals surface area (Å²) in [5.41, 5.74) is 1.71. The highest BCUT2D eigenvalue weighted by Crippen LogP contribution is 2.48. The van der Waals surface area contributed by atoms with Crippen molar-refractivity contribution in [3.05, 3.63) is 39.9 Å². The number of nitrogens with one attached hydrogen (secondary N) is 2. The van der Waals surface area contributed by atoms with Crippen molar-refractivity contribution in [2.45, 2.75) is 20.4 Å². The van der Waals surface area contributed by atoms with Crippen molar-refractivity contribution >= 4 is 52.4 Å². The Balaban J connectivity index is 1.96. The van der Waals surface area contributed by atoms with Crippen LogP contribution in [0.2, 0.25) is 4.47 Å². The molecule has 25 heavy (non-hydrogen) atoms. The van der Waals surface area contributed by atoms with Crippen molar-refractivity contribution in [2.75, 3.05) is 18.5 Å². The number of aromatic nitrogens is 2. The van der Waals surface area contributed by atoms with Crippen LogP contribution in [0.5, 0.6) is 0 Å². The minimum absolute atomic E-state index is 0.308. The van der Waals surface area contributed by atoms with E-state index in [2.05, 4.69) is 15.3 Å². The fourth-order valence-electron chi connectivity index (χ4n) is 2.53. The Morgan fingerprint density at radius 1 is 1.32 bits per heavy atom. The number of H-pyrrole nitrogens is 1. The summed E-state index contributed by atoms with van der Waals surface area (Å²) in [5.74, 6) is 0. The van der Waals surface area contributed by atoms with Crippen molar-refractivity contribution in [1.82, 2.24) is 9.97 Å². The highest BCUT2D eigenvalue weighted by Gasteiger charge is 2.28. The van der Waals surface area contributed by atoms with Gasteiger partial charge in [0, 0.05) is 33.9 Å². The third kappa shape index (κ3) is 4.07. The lowest BCUT2D eigenvalue weighted by Crippen LogP contribution is -2.12. The van der Waals surface area contributed by atoms with Crippen molar-refractivity contribution in [1.29, 1.82) is 0 Å². The molecular formula is C16H19ClN3O3PS. The first-order valence-corrected chi connectivity index (χ1v) is 10.6. The third-order valence-corrected chi connectivity index (χ3v) is 6.75. The van der Waals surface area contributed by atoms with Crippen LogP contribution in [0.25, 0.3) is 10.9 Å². The third-order valence-electron chi connectivity index (χ3n) is 3.55. The second-order valence-corrected chi connectivity index (χ2v) is 8.92. The Hall–Kier alpha value is -1.37. The molecule has 2 aromatic heterocycles. The molecule has 0 radical (unpaired) electrons. The zero-order chi connectivity index (χ0) is 17.9. The number of hydrogen-bond donors (Lipinski definition) is 2. The summed E-state index contributed by atoms with van der Waals surface area (Å²) in [4.78, 5) is 8.21. The summed E-state index contributed by atoms with van der Waals surface area (Å²) < 4.78 is 24.5. The second kappa shape index (κ2) is 7.89. The molecule has 0 fully saturated rings. The molecule has 0 amide bonds. The van der Waals surface area contributed by atoms with Gasteiger partial charge in [0.15, 0.2) is 4.47 Å². The van der Waals surface area contributed by atoms with Gasteiger partial charge in [0.05, 0.1) is 25.1 Å². The zero-order valence-electron chi connectivity index (χ0n) is 13.9. The lowest BCUT2D eigenvalue weighted by molar-refractivity contribution is 0.230. The lowest BCUT2D eigenvalue weighted by atomic mass is 10.2. The van der Waals surface area contributed by atoms with E-state index in [-0.39, 0.29) is 0 Å². The maximum Gasteiger partial charge on any atom is 0.361 e. The molecule has 0 unspecified atom stereocenters. The highest BCUT2D eigenvalue weighted by molar-refractivity contribution is 7.62. The van der Waals surface area contributed by atoms with Gasteiger partial charge in [-0.15, -0.1) is 11.3 Å². The maximum absolute atomic E-state index is 13.1. The van der Waals surface area contributed by atoms with Gasteiger partial charge in [0.2, 0.25) is 0 Å². The Kier molecular flexibility index (Phi) is 5.81. The Bertz CT molecular complexity index is 901. The van der Waals surface area contributed by atoms with E-state index in [1.165, 1.54) is 11.3 Å². The molecule has 2 N–H and O–H groups in total. The standard InChI is InChI=1S/C16H19ClN3O3PS/c1-3-22-24(21,23-4-2)11-7-14-13(5-6-18-14)15(8-11)19-9-12-10-20-16(17)25-12/h5-8,10,18-19H,3-4,9H2,1-2H3. The molecular weight excluding hydrogens is 381 g/mol. The van der Waals surface area contributed by atoms with E-state index in [0.717, 1.165) is 21.5 Å². The number of nitrogens with zero attached hydrogens (tertiary/aromatic N) is 1. The second-order valence-electron chi connectivity index (χ2n) is 5.20. The van der Waals surface area contributed by atoms with Crippen LogP contribution in [-0.4, -0.2) is 23.2 Å². The number of fused-ring (bicyclic) bond motifs is 1. The number of aromatic amines is 1. The molecule has 9 heteroatoms. The van der Waals surface area contributed by atoms with E-state index in [0.29, 0.717) is 29.5 Å². The van der Waals surface area contributed by atoms with Gasteiger partial charge in [-0.05, 0) is 32.0 Å². The van der Waals surface area contributed by atoms with Crippen LogP contribution in [-0.2, 0) is 20.2 Å². The van der Waals surface area contributed by atoms with Crippen LogP contribution >= 0.6 is 30.5 Å². The molecule has 0 aliphatic carbocycles. The lowest BCUT2D eigenvalue weighted by Gasteiger charge is -2.18. The highest BCUT2D eigenvalue weighted by atomic mass is 35.5. The van der Waals surface area contributed by atoms with E-state index in [4.69, 9.17) is 20.6 Å². The normalized spacial score (nSPS) is 12.0. The SMILES string of the molecule is CCOP(=O)(OCC)c1cc(NCc2cnc(Cl)s2)c2cc[nH]c2c1. The van der Waals surface area contributed by atoms with Crippen LogP contribution in [0.1, 0.15) is 18.7 Å². The van der Waals surface area contributed by atoms with Gasteiger partial charge in [0.25, 0.3) is 0 Å². The molecule has 0 atom stereocenters. The van der Waals surface area contributed by atoms with Crippen molar-refractivity contribution < 1.29 is 13.6 Å². The number of halogens is 1. The Morgan fingerprint density at radius 2 is 2.08 bits per heavy atom. The molecule has 0 saturated heterocycles. The number of benzene rings is 1. The summed E-state index contributed by atoms with van der Waals surface area (Å²) in [7, 11) is -3.36. The van der Waals surface area contributed by atoms with Gasteiger partial charge in [-0.25, -0.2) is 4.98 Å². The van der Waals surface area contributed by atoms with E-state index >= 15 is 0 Å². The van der Waals surface area contributed by atoms with Crippen LogP contribution in [0.15, 0.2) is 30.6 Å². The van der Waals surface area contributed by atoms with Gasteiger partial charge in [-0.3, -0.25) is 4.57 Å². The van der Waals surface area contributed by atoms with E-state index in [9.17, 15) is 4.57 Å². The summed E-state index contributed by atoms with van der Waals surface area (Å²) in [6.07, 6.45) is 3.58. The summed E-state index contributed by atoms with van der Waals surface area (Å²) >= 11 is 7.30. The summed E-state index contributed by atoms with van der Waals surface area (Å²) in [6.45, 7) is 4.78. The molecule has 0 aliphatic heterocycles. The molecule has 134 valence electrons.